The Morgan fingerprint density at radius 3 is 2.70 bits per heavy atom. The van der Waals surface area contributed by atoms with E-state index in [1.807, 2.05) is 30.5 Å². The smallest absolute Gasteiger partial charge is 0.317 e. The summed E-state index contributed by atoms with van der Waals surface area (Å²) in [4.78, 5) is 20.8. The lowest BCUT2D eigenvalue weighted by atomic mass is 9.74. The maximum absolute atomic E-state index is 12.7. The number of hydrogen-bond donors (Lipinski definition) is 2. The summed E-state index contributed by atoms with van der Waals surface area (Å²) in [6, 6.07) is 18.1. The first-order valence-electron chi connectivity index (χ1n) is 12.1. The van der Waals surface area contributed by atoms with E-state index in [0.29, 0.717) is 12.0 Å². The lowest BCUT2D eigenvalue weighted by molar-refractivity contribution is 0.123. The predicted molar refractivity (Wildman–Crippen MR) is 137 cm³/mol. The Morgan fingerprint density at radius 2 is 1.94 bits per heavy atom. The van der Waals surface area contributed by atoms with Crippen molar-refractivity contribution < 1.29 is 4.79 Å². The van der Waals surface area contributed by atoms with Gasteiger partial charge in [0, 0.05) is 54.3 Å². The Labute approximate surface area is 200 Å². The van der Waals surface area contributed by atoms with Crippen LogP contribution in [0.3, 0.4) is 0 Å². The van der Waals surface area contributed by atoms with Crippen LogP contribution in [0.4, 0.5) is 4.79 Å². The summed E-state index contributed by atoms with van der Waals surface area (Å²) in [7, 11) is 2.22. The molecule has 1 unspecified atom stereocenters. The van der Waals surface area contributed by atoms with Gasteiger partial charge in [-0.25, -0.2) is 4.79 Å². The van der Waals surface area contributed by atoms with Crippen molar-refractivity contribution in [2.45, 2.75) is 55.5 Å². The molecule has 174 valence electrons. The van der Waals surface area contributed by atoms with E-state index in [9.17, 15) is 4.79 Å². The molecule has 1 aromatic heterocycles. The number of hydrogen-bond acceptors (Lipinski definition) is 3. The number of benzene rings is 2. The van der Waals surface area contributed by atoms with Crippen molar-refractivity contribution in [3.05, 3.63) is 65.2 Å². The first-order valence-corrected chi connectivity index (χ1v) is 13.1. The highest BCUT2D eigenvalue weighted by Crippen LogP contribution is 2.46. The summed E-state index contributed by atoms with van der Waals surface area (Å²) in [6.45, 7) is 6.46. The van der Waals surface area contributed by atoms with Gasteiger partial charge in [-0.3, -0.25) is 0 Å². The number of likely N-dealkylation sites (tertiary alicyclic amines) is 1. The van der Waals surface area contributed by atoms with Crippen LogP contribution >= 0.6 is 11.8 Å². The lowest BCUT2D eigenvalue weighted by Crippen LogP contribution is -2.56. The first-order chi connectivity index (χ1) is 16.1. The van der Waals surface area contributed by atoms with Gasteiger partial charge in [-0.2, -0.15) is 0 Å². The number of carbonyl (C=O) groups excluding carboxylic acids is 1. The second kappa shape index (κ2) is 9.43. The Balaban J connectivity index is 1.41. The van der Waals surface area contributed by atoms with Gasteiger partial charge in [-0.15, -0.1) is 11.8 Å². The molecule has 5 nitrogen and oxygen atoms in total. The second-order valence-electron chi connectivity index (χ2n) is 9.35. The third-order valence-corrected chi connectivity index (χ3v) is 8.53. The highest BCUT2D eigenvalue weighted by atomic mass is 32.2. The summed E-state index contributed by atoms with van der Waals surface area (Å²) < 4.78 is 0. The lowest BCUT2D eigenvalue weighted by Gasteiger charge is -2.46. The number of nitrogens with zero attached hydrogens (tertiary/aromatic N) is 2. The van der Waals surface area contributed by atoms with Crippen LogP contribution in [-0.2, 0) is 12.2 Å². The number of carbonyl (C=O) groups is 1. The number of H-pyrrole nitrogens is 1. The van der Waals surface area contributed by atoms with Crippen LogP contribution in [0.15, 0.2) is 53.6 Å². The molecule has 0 spiro atoms. The zero-order valence-corrected chi connectivity index (χ0v) is 20.6. The average molecular weight is 463 g/mol. The third-order valence-electron chi connectivity index (χ3n) is 7.42. The number of thioether (sulfide) groups is 1. The van der Waals surface area contributed by atoms with Crippen molar-refractivity contribution in [3.63, 3.8) is 0 Å². The van der Waals surface area contributed by atoms with Gasteiger partial charge in [0.2, 0.25) is 0 Å². The number of fused-ring (bicyclic) bond motifs is 2. The van der Waals surface area contributed by atoms with E-state index in [0.717, 1.165) is 38.2 Å². The number of piperidine rings is 1. The van der Waals surface area contributed by atoms with Gasteiger partial charge in [-0.05, 0) is 56.5 Å². The van der Waals surface area contributed by atoms with E-state index >= 15 is 0 Å². The van der Waals surface area contributed by atoms with Gasteiger partial charge >= 0.3 is 6.03 Å². The Morgan fingerprint density at radius 1 is 1.15 bits per heavy atom. The monoisotopic (exact) mass is 462 g/mol. The maximum atomic E-state index is 12.7. The van der Waals surface area contributed by atoms with Gasteiger partial charge in [0.1, 0.15) is 0 Å². The molecule has 2 aromatic carbocycles. The van der Waals surface area contributed by atoms with Crippen LogP contribution in [0.5, 0.6) is 0 Å². The van der Waals surface area contributed by atoms with Crippen LogP contribution in [-0.4, -0.2) is 59.6 Å². The number of aromatic amines is 1. The molecule has 1 aliphatic heterocycles. The zero-order valence-electron chi connectivity index (χ0n) is 19.8. The highest BCUT2D eigenvalue weighted by Gasteiger charge is 2.40. The van der Waals surface area contributed by atoms with Crippen LogP contribution < -0.4 is 5.32 Å². The number of aromatic nitrogens is 1. The number of amides is 2. The largest absolute Gasteiger partial charge is 0.349 e. The molecule has 5 rings (SSSR count). The topological polar surface area (TPSA) is 51.4 Å². The van der Waals surface area contributed by atoms with E-state index in [2.05, 4.69) is 70.8 Å². The van der Waals surface area contributed by atoms with Gasteiger partial charge in [-0.1, -0.05) is 42.5 Å². The van der Waals surface area contributed by atoms with Gasteiger partial charge in [0.25, 0.3) is 0 Å². The van der Waals surface area contributed by atoms with Crippen molar-refractivity contribution in [1.82, 2.24) is 20.1 Å². The van der Waals surface area contributed by atoms with Gasteiger partial charge in [0.15, 0.2) is 0 Å². The molecule has 0 radical (unpaired) electrons. The third kappa shape index (κ3) is 4.26. The van der Waals surface area contributed by atoms with Crippen LogP contribution in [0.25, 0.3) is 10.9 Å². The predicted octanol–water partition coefficient (Wildman–Crippen LogP) is 5.22. The molecule has 1 aliphatic carbocycles. The minimum atomic E-state index is 0.0628. The van der Waals surface area contributed by atoms with E-state index in [1.54, 1.807) is 0 Å². The molecule has 33 heavy (non-hydrogen) atoms. The van der Waals surface area contributed by atoms with Gasteiger partial charge < -0.3 is 20.1 Å². The van der Waals surface area contributed by atoms with E-state index in [4.69, 9.17) is 0 Å². The number of likely N-dealkylation sites (N-methyl/N-ethyl adjacent to an activating group) is 1. The minimum absolute atomic E-state index is 0.0628. The molecule has 2 amide bonds. The minimum Gasteiger partial charge on any atom is -0.349 e. The fourth-order valence-electron chi connectivity index (χ4n) is 5.73. The molecule has 2 N–H and O–H groups in total. The van der Waals surface area contributed by atoms with Crippen LogP contribution in [0, 0.1) is 0 Å². The summed E-state index contributed by atoms with van der Waals surface area (Å²) in [5, 5.41) is 6.04. The molecule has 3 aromatic rings. The highest BCUT2D eigenvalue weighted by molar-refractivity contribution is 7.98. The first kappa shape index (κ1) is 22.4. The quantitative estimate of drug-likeness (QED) is 0.494. The molecule has 0 saturated carbocycles. The normalized spacial score (nSPS) is 22.2. The Kier molecular flexibility index (Phi) is 6.39. The molecule has 2 heterocycles. The molecule has 6 heteroatoms. The van der Waals surface area contributed by atoms with Crippen molar-refractivity contribution in [2.24, 2.45) is 0 Å². The molecular weight excluding hydrogens is 428 g/mol. The Hall–Kier alpha value is -2.44. The number of nitrogens with one attached hydrogen (secondary N) is 2. The average Bonchev–Trinajstić information content (AvgIpc) is 3.18. The second-order valence-corrected chi connectivity index (χ2v) is 10.3. The van der Waals surface area contributed by atoms with E-state index in [1.165, 1.54) is 32.6 Å². The molecule has 3 atom stereocenters. The fraction of sp³-hybridized carbons (Fsp3) is 0.444. The summed E-state index contributed by atoms with van der Waals surface area (Å²) in [5.74, 6) is 1.41. The SMILES string of the molecule is CCN(CC)C(=O)N[C@H]1CC2c3cccc4[nH]c(SCc5ccccc5)c(c34)C[C@H]2N(C)C1. The van der Waals surface area contributed by atoms with Gasteiger partial charge in [0.05, 0.1) is 5.03 Å². The molecule has 1 saturated heterocycles. The Bertz CT molecular complexity index is 1120. The van der Waals surface area contributed by atoms with E-state index in [-0.39, 0.29) is 12.1 Å². The van der Waals surface area contributed by atoms with Crippen molar-refractivity contribution in [3.8, 4) is 0 Å². The summed E-state index contributed by atoms with van der Waals surface area (Å²) >= 11 is 1.91. The van der Waals surface area contributed by atoms with Crippen LogP contribution in [0.1, 0.15) is 42.9 Å². The van der Waals surface area contributed by atoms with E-state index < -0.39 is 0 Å². The number of urea groups is 1. The molecule has 1 fully saturated rings. The van der Waals surface area contributed by atoms with Crippen LogP contribution in [0.2, 0.25) is 0 Å². The molecule has 0 bridgehead atoms. The number of rotatable bonds is 6. The summed E-state index contributed by atoms with van der Waals surface area (Å²) in [5.41, 5.74) is 5.51. The standard InChI is InChI=1S/C27H34N4OS/c1-4-31(5-2)27(32)28-19-14-21-20-12-9-13-23-25(20)22(15-24(21)30(3)16-19)26(29-23)33-17-18-10-7-6-8-11-18/h6-13,19,21,24,29H,4-5,14-17H2,1-3H3,(H,28,32)/t19-,21?,24+/m0/s1. The molecule has 2 aliphatic rings. The molecular formula is C27H34N4OS. The van der Waals surface area contributed by atoms with Crippen molar-refractivity contribution >= 4 is 28.7 Å². The maximum Gasteiger partial charge on any atom is 0.317 e. The summed E-state index contributed by atoms with van der Waals surface area (Å²) in [6.07, 6.45) is 2.06. The van der Waals surface area contributed by atoms with Crippen molar-refractivity contribution in [2.75, 3.05) is 26.7 Å². The fourth-order valence-corrected chi connectivity index (χ4v) is 6.78. The zero-order chi connectivity index (χ0) is 22.9. The van der Waals surface area contributed by atoms with Crippen molar-refractivity contribution in [1.29, 1.82) is 0 Å².